The molecular formula is C40H58N5O10PSSi. The number of methoxy groups -OCH3 is 1. The van der Waals surface area contributed by atoms with E-state index in [1.807, 2.05) is 36.4 Å². The summed E-state index contributed by atoms with van der Waals surface area (Å²) in [4.78, 5) is 47.6. The summed E-state index contributed by atoms with van der Waals surface area (Å²) in [7, 11) is -4.44. The number of anilines is 1. The second-order valence-corrected chi connectivity index (χ2v) is 22.3. The second-order valence-electron chi connectivity index (χ2n) is 16.3. The highest BCUT2D eigenvalue weighted by molar-refractivity contribution is 8.05. The van der Waals surface area contributed by atoms with E-state index in [1.165, 1.54) is 29.9 Å². The van der Waals surface area contributed by atoms with E-state index in [4.69, 9.17) is 32.5 Å². The lowest BCUT2D eigenvalue weighted by Crippen LogP contribution is -2.53. The Morgan fingerprint density at radius 1 is 0.828 bits per heavy atom. The summed E-state index contributed by atoms with van der Waals surface area (Å²) in [5.41, 5.74) is -2.06. The molecular weight excluding hydrogens is 802 g/mol. The number of thioether (sulfide) groups is 1. The number of carbonyl (C=O) groups is 2. The fourth-order valence-corrected chi connectivity index (χ4v) is 12.3. The van der Waals surface area contributed by atoms with Gasteiger partial charge in [0.15, 0.2) is 5.52 Å². The predicted octanol–water partition coefficient (Wildman–Crippen LogP) is 7.24. The van der Waals surface area contributed by atoms with Crippen LogP contribution in [0.25, 0.3) is 11.2 Å². The van der Waals surface area contributed by atoms with Gasteiger partial charge < -0.3 is 32.5 Å². The highest BCUT2D eigenvalue weighted by atomic mass is 32.2. The molecule has 2 amide bonds. The van der Waals surface area contributed by atoms with Crippen LogP contribution in [0.15, 0.2) is 67.0 Å². The fraction of sp³-hybridized carbons (Fsp3) is 0.525. The molecule has 58 heavy (non-hydrogen) atoms. The van der Waals surface area contributed by atoms with Crippen molar-refractivity contribution in [1.29, 1.82) is 0 Å². The van der Waals surface area contributed by atoms with Gasteiger partial charge in [-0.2, -0.15) is 14.7 Å². The third kappa shape index (κ3) is 13.0. The molecule has 0 aliphatic carbocycles. The summed E-state index contributed by atoms with van der Waals surface area (Å²) < 4.78 is 50.5. The standard InChI is InChI=1S/C40H58N5O10PSSi/c1-13-51-56(48,52-14-2)27-57-30(32(38(3,4)5)55-58(28-21-17-15-18-22-28)29-23-19-16-20-24-29)25-50-44-26-41-31-33(44)42-35(43-34(31)49-12)45(36(46)53-39(6,7)8)37(47)54-40(9,10)11/h15-24,26,30,32,58H,13-14,25,27H2,1-12H3/t30-,32?/m0/s1. The number of hydrogen-bond donors (Lipinski definition) is 0. The van der Waals surface area contributed by atoms with E-state index in [1.54, 1.807) is 55.4 Å². The van der Waals surface area contributed by atoms with Crippen molar-refractivity contribution in [2.75, 3.05) is 37.3 Å². The Morgan fingerprint density at radius 3 is 1.79 bits per heavy atom. The van der Waals surface area contributed by atoms with Crippen molar-refractivity contribution in [3.63, 3.8) is 0 Å². The number of benzene rings is 2. The third-order valence-electron chi connectivity index (χ3n) is 8.02. The van der Waals surface area contributed by atoms with Crippen molar-refractivity contribution in [2.24, 2.45) is 5.41 Å². The Morgan fingerprint density at radius 2 is 1.34 bits per heavy atom. The van der Waals surface area contributed by atoms with E-state index in [9.17, 15) is 14.2 Å². The Labute approximate surface area is 347 Å². The summed E-state index contributed by atoms with van der Waals surface area (Å²) in [6, 6.07) is 20.3. The molecule has 0 saturated heterocycles. The molecule has 15 nitrogen and oxygen atoms in total. The lowest BCUT2D eigenvalue weighted by Gasteiger charge is -2.39. The largest absolute Gasteiger partial charge is 0.479 e. The lowest BCUT2D eigenvalue weighted by atomic mass is 9.87. The number of ether oxygens (including phenoxy) is 3. The van der Waals surface area contributed by atoms with Crippen LogP contribution in [-0.4, -0.2) is 95.9 Å². The third-order valence-corrected chi connectivity index (χ3v) is 14.5. The lowest BCUT2D eigenvalue weighted by molar-refractivity contribution is 0.0417. The molecule has 0 bridgehead atoms. The van der Waals surface area contributed by atoms with Crippen molar-refractivity contribution >= 4 is 68.1 Å². The molecule has 0 radical (unpaired) electrons. The van der Waals surface area contributed by atoms with Gasteiger partial charge in [-0.15, -0.1) is 16.7 Å². The van der Waals surface area contributed by atoms with Gasteiger partial charge in [0.1, 0.15) is 24.1 Å². The molecule has 0 aliphatic rings. The molecule has 0 saturated carbocycles. The highest BCUT2D eigenvalue weighted by Crippen LogP contribution is 2.52. The number of rotatable bonds is 17. The Hall–Kier alpha value is -3.99. The number of aromatic nitrogens is 4. The number of hydrogen-bond acceptors (Lipinski definition) is 14. The first-order valence-electron chi connectivity index (χ1n) is 19.1. The van der Waals surface area contributed by atoms with E-state index in [2.05, 4.69) is 60.0 Å². The molecule has 0 N–H and O–H groups in total. The van der Waals surface area contributed by atoms with Crippen LogP contribution in [0, 0.1) is 5.41 Å². The maximum Gasteiger partial charge on any atom is 0.427 e. The minimum absolute atomic E-state index is 0.00447. The number of carbonyl (C=O) groups excluding carboxylic acids is 2. The molecule has 2 aromatic carbocycles. The van der Waals surface area contributed by atoms with E-state index < -0.39 is 56.8 Å². The molecule has 0 fully saturated rings. The van der Waals surface area contributed by atoms with Crippen LogP contribution in [0.2, 0.25) is 0 Å². The highest BCUT2D eigenvalue weighted by Gasteiger charge is 2.40. The minimum Gasteiger partial charge on any atom is -0.479 e. The van der Waals surface area contributed by atoms with E-state index in [0.29, 0.717) is 4.90 Å². The van der Waals surface area contributed by atoms with Crippen LogP contribution < -0.4 is 24.8 Å². The van der Waals surface area contributed by atoms with Crippen molar-refractivity contribution in [3.05, 3.63) is 67.0 Å². The van der Waals surface area contributed by atoms with Crippen LogP contribution in [0.3, 0.4) is 0 Å². The fourth-order valence-electron chi connectivity index (χ4n) is 5.70. The maximum atomic E-state index is 13.9. The smallest absolute Gasteiger partial charge is 0.427 e. The number of nitrogens with zero attached hydrogens (tertiary/aromatic N) is 5. The average Bonchev–Trinajstić information content (AvgIpc) is 3.54. The predicted molar refractivity (Wildman–Crippen MR) is 229 cm³/mol. The van der Waals surface area contributed by atoms with Gasteiger partial charge in [-0.1, -0.05) is 81.4 Å². The molecule has 318 valence electrons. The SMILES string of the molecule is CCOP(=O)(CS[C@@H](COn1cnc2c(OC)nc(N(C(=O)OC(C)(C)C)C(=O)OC(C)(C)C)nc21)C(O[SiH](c1ccccc1)c1ccccc1)C(C)(C)C)OCC. The average molecular weight is 860 g/mol. The summed E-state index contributed by atoms with van der Waals surface area (Å²) in [5, 5.41) is 1.73. The molecule has 0 aliphatic heterocycles. The number of imidazole rings is 1. The quantitative estimate of drug-likeness (QED) is 0.0772. The molecule has 2 aromatic heterocycles. The van der Waals surface area contributed by atoms with Crippen LogP contribution in [0.1, 0.15) is 76.2 Å². The number of amides is 2. The van der Waals surface area contributed by atoms with Crippen LogP contribution in [0.4, 0.5) is 15.5 Å². The van der Waals surface area contributed by atoms with Gasteiger partial charge >= 0.3 is 19.8 Å². The first-order chi connectivity index (χ1) is 27.2. The van der Waals surface area contributed by atoms with Gasteiger partial charge in [-0.25, -0.2) is 14.6 Å². The topological polar surface area (TPSA) is 163 Å². The molecule has 2 heterocycles. The Bertz CT molecular complexity index is 1930. The zero-order valence-electron chi connectivity index (χ0n) is 35.6. The molecule has 4 aromatic rings. The first-order valence-corrected chi connectivity index (χ1v) is 23.5. The van der Waals surface area contributed by atoms with E-state index in [-0.39, 0.29) is 48.3 Å². The number of imide groups is 1. The zero-order valence-corrected chi connectivity index (χ0v) is 38.5. The number of fused-ring (bicyclic) bond motifs is 1. The van der Waals surface area contributed by atoms with Crippen molar-refractivity contribution in [2.45, 2.75) is 98.7 Å². The normalized spacial score (nSPS) is 13.6. The summed E-state index contributed by atoms with van der Waals surface area (Å²) in [6.45, 7) is 20.3. The van der Waals surface area contributed by atoms with Crippen LogP contribution >= 0.6 is 19.4 Å². The Balaban J connectivity index is 1.81. The Kier molecular flexibility index (Phi) is 16.0. The molecule has 0 spiro atoms. The summed E-state index contributed by atoms with van der Waals surface area (Å²) in [6.07, 6.45) is -1.18. The monoisotopic (exact) mass is 859 g/mol. The molecule has 4 rings (SSSR count). The van der Waals surface area contributed by atoms with Gasteiger partial charge in [0.25, 0.3) is 0 Å². The second kappa shape index (κ2) is 19.8. The van der Waals surface area contributed by atoms with Gasteiger partial charge in [0, 0.05) is 0 Å². The van der Waals surface area contributed by atoms with E-state index >= 15 is 0 Å². The maximum absolute atomic E-state index is 13.9. The van der Waals surface area contributed by atoms with Gasteiger partial charge in [0.05, 0.1) is 37.2 Å². The zero-order chi connectivity index (χ0) is 42.9. The van der Waals surface area contributed by atoms with Crippen molar-refractivity contribution in [3.8, 4) is 5.88 Å². The summed E-state index contributed by atoms with van der Waals surface area (Å²) >= 11 is 1.37. The van der Waals surface area contributed by atoms with Gasteiger partial charge in [-0.3, -0.25) is 4.57 Å². The molecule has 2 atom stereocenters. The first kappa shape index (κ1) is 46.7. The van der Waals surface area contributed by atoms with E-state index in [0.717, 1.165) is 10.4 Å². The molecule has 1 unspecified atom stereocenters. The van der Waals surface area contributed by atoms with Gasteiger partial charge in [0.2, 0.25) is 26.5 Å². The summed E-state index contributed by atoms with van der Waals surface area (Å²) in [5.74, 6) is -0.413. The van der Waals surface area contributed by atoms with Crippen LogP contribution in [0.5, 0.6) is 5.88 Å². The van der Waals surface area contributed by atoms with Crippen LogP contribution in [-0.2, 0) is 27.5 Å². The molecule has 18 heteroatoms. The van der Waals surface area contributed by atoms with Crippen molar-refractivity contribution < 1.29 is 46.7 Å². The van der Waals surface area contributed by atoms with Gasteiger partial charge in [-0.05, 0) is 71.2 Å². The van der Waals surface area contributed by atoms with Crippen molar-refractivity contribution in [1.82, 2.24) is 19.7 Å². The minimum atomic E-state index is -3.50.